The number of benzene rings is 1. The van der Waals surface area contributed by atoms with Crippen LogP contribution in [0.1, 0.15) is 37.7 Å². The van der Waals surface area contributed by atoms with E-state index >= 15 is 0 Å². The molecule has 0 N–H and O–H groups in total. The van der Waals surface area contributed by atoms with Gasteiger partial charge in [-0.2, -0.15) is 0 Å². The number of hydrogen-bond acceptors (Lipinski definition) is 2. The number of hydrogen-bond donors (Lipinski definition) is 0. The van der Waals surface area contributed by atoms with Crippen molar-refractivity contribution in [1.29, 1.82) is 0 Å². The molecule has 0 bridgehead atoms. The van der Waals surface area contributed by atoms with E-state index in [0.717, 1.165) is 44.9 Å². The van der Waals surface area contributed by atoms with Gasteiger partial charge in [-0.3, -0.25) is 4.42 Å². The Bertz CT molecular complexity index is 963. The highest BCUT2D eigenvalue weighted by atomic mass is 127. The first-order valence-electron chi connectivity index (χ1n) is 11.3. The van der Waals surface area contributed by atoms with Crippen LogP contribution in [0.2, 0.25) is 0 Å². The normalized spacial score (nSPS) is 22.8. The summed E-state index contributed by atoms with van der Waals surface area (Å²) in [5.74, 6) is 1.00. The van der Waals surface area contributed by atoms with E-state index in [4.69, 9.17) is 4.42 Å². The van der Waals surface area contributed by atoms with Gasteiger partial charge in [0.2, 0.25) is 0 Å². The van der Waals surface area contributed by atoms with Gasteiger partial charge in [-0.25, -0.2) is 0 Å². The number of fused-ring (bicyclic) bond motifs is 3. The van der Waals surface area contributed by atoms with Crippen molar-refractivity contribution < 1.29 is 4.42 Å². The van der Waals surface area contributed by atoms with Crippen LogP contribution in [0.4, 0.5) is 0 Å². The van der Waals surface area contributed by atoms with Gasteiger partial charge in [0.05, 0.1) is 6.08 Å². The molecule has 0 saturated carbocycles. The molecule has 30 heavy (non-hydrogen) atoms. The van der Waals surface area contributed by atoms with Crippen LogP contribution in [0.25, 0.3) is 5.57 Å². The SMILES string of the molecule is Ic1cccc(C2=C3C=CC(=[O+]CCCN4CCCCC4)C=C3C3=CCCN3C2)c1. The molecule has 0 aromatic heterocycles. The quantitative estimate of drug-likeness (QED) is 0.309. The minimum absolute atomic E-state index is 0.797. The molecule has 0 unspecified atom stereocenters. The Morgan fingerprint density at radius 3 is 2.80 bits per heavy atom. The van der Waals surface area contributed by atoms with Gasteiger partial charge in [0, 0.05) is 47.0 Å². The van der Waals surface area contributed by atoms with E-state index in [1.165, 1.54) is 63.9 Å². The molecule has 0 radical (unpaired) electrons. The number of nitrogens with zero attached hydrogens (tertiary/aromatic N) is 2. The molecule has 5 rings (SSSR count). The summed E-state index contributed by atoms with van der Waals surface area (Å²) in [6, 6.07) is 8.88. The van der Waals surface area contributed by atoms with E-state index < -0.39 is 0 Å². The fourth-order valence-electron chi connectivity index (χ4n) is 5.00. The Morgan fingerprint density at radius 2 is 1.93 bits per heavy atom. The Labute approximate surface area is 193 Å². The largest absolute Gasteiger partial charge is 0.367 e. The van der Waals surface area contributed by atoms with Crippen molar-refractivity contribution >= 4 is 33.9 Å². The summed E-state index contributed by atoms with van der Waals surface area (Å²) in [5, 5.41) is 0. The lowest BCUT2D eigenvalue weighted by atomic mass is 9.85. The van der Waals surface area contributed by atoms with Gasteiger partial charge in [-0.05, 0) is 89.9 Å². The van der Waals surface area contributed by atoms with E-state index in [1.54, 1.807) is 0 Å². The molecule has 4 aliphatic rings. The maximum Gasteiger partial charge on any atom is 0.344 e. The fourth-order valence-corrected chi connectivity index (χ4v) is 5.54. The number of piperidine rings is 1. The lowest BCUT2D eigenvalue weighted by molar-refractivity contribution is -0.456. The third-order valence-corrected chi connectivity index (χ3v) is 7.20. The number of rotatable bonds is 5. The first-order chi connectivity index (χ1) is 14.8. The summed E-state index contributed by atoms with van der Waals surface area (Å²) in [6.45, 7) is 6.60. The maximum atomic E-state index is 6.19. The summed E-state index contributed by atoms with van der Waals surface area (Å²) in [4.78, 5) is 5.11. The topological polar surface area (TPSA) is 17.8 Å². The Kier molecular flexibility index (Phi) is 6.23. The first-order valence-corrected chi connectivity index (χ1v) is 12.4. The first kappa shape index (κ1) is 20.3. The molecule has 3 nitrogen and oxygen atoms in total. The molecule has 156 valence electrons. The molecule has 1 saturated heterocycles. The van der Waals surface area contributed by atoms with Crippen LogP contribution in [-0.4, -0.2) is 54.9 Å². The summed E-state index contributed by atoms with van der Waals surface area (Å²) in [5.41, 5.74) is 6.85. The minimum atomic E-state index is 0.797. The summed E-state index contributed by atoms with van der Waals surface area (Å²) in [6.07, 6.45) is 15.5. The van der Waals surface area contributed by atoms with E-state index in [0.29, 0.717) is 0 Å². The average Bonchev–Trinajstić information content (AvgIpc) is 3.26. The van der Waals surface area contributed by atoms with Crippen molar-refractivity contribution in [2.24, 2.45) is 0 Å². The Morgan fingerprint density at radius 1 is 1.03 bits per heavy atom. The van der Waals surface area contributed by atoms with Crippen LogP contribution in [0.3, 0.4) is 0 Å². The Hall–Kier alpha value is -1.66. The summed E-state index contributed by atoms with van der Waals surface area (Å²) < 4.78 is 7.48. The second-order valence-electron chi connectivity index (χ2n) is 8.60. The molecule has 1 aliphatic carbocycles. The third kappa shape index (κ3) is 4.35. The predicted octanol–water partition coefficient (Wildman–Crippen LogP) is 5.13. The highest BCUT2D eigenvalue weighted by molar-refractivity contribution is 14.1. The monoisotopic (exact) mass is 513 g/mol. The molecule has 4 heteroatoms. The molecule has 1 fully saturated rings. The van der Waals surface area contributed by atoms with Gasteiger partial charge in [-0.15, -0.1) is 0 Å². The zero-order chi connectivity index (χ0) is 20.3. The van der Waals surface area contributed by atoms with Gasteiger partial charge in [0.25, 0.3) is 6.61 Å². The smallest absolute Gasteiger partial charge is 0.344 e. The van der Waals surface area contributed by atoms with Crippen molar-refractivity contribution in [1.82, 2.24) is 9.80 Å². The fraction of sp³-hybridized carbons (Fsp3) is 0.423. The zero-order valence-electron chi connectivity index (χ0n) is 17.6. The average molecular weight is 513 g/mol. The molecule has 0 amide bonds. The highest BCUT2D eigenvalue weighted by Crippen LogP contribution is 2.40. The van der Waals surface area contributed by atoms with E-state index in [2.05, 4.69) is 81.0 Å². The molecule has 3 aliphatic heterocycles. The number of carbonyl (C=O) groups excluding carboxylic acids is 1. The van der Waals surface area contributed by atoms with E-state index in [-0.39, 0.29) is 0 Å². The lowest BCUT2D eigenvalue weighted by Crippen LogP contribution is -2.31. The van der Waals surface area contributed by atoms with Gasteiger partial charge < -0.3 is 9.80 Å². The van der Waals surface area contributed by atoms with Crippen molar-refractivity contribution in [3.8, 4) is 0 Å². The van der Waals surface area contributed by atoms with Crippen molar-refractivity contribution in [2.45, 2.75) is 32.1 Å². The van der Waals surface area contributed by atoms with E-state index in [1.807, 2.05) is 0 Å². The standard InChI is InChI=1S/C26H30IN2O/c27-21-8-4-7-20(17-21)25-19-29-15-5-9-26(29)24-18-22(10-11-23(24)25)30-16-6-14-28-12-2-1-3-13-28/h4,7-11,17-18H,1-3,5-6,12-16,19H2/q+1. The van der Waals surface area contributed by atoms with Crippen LogP contribution in [0.5, 0.6) is 0 Å². The third-order valence-electron chi connectivity index (χ3n) is 6.53. The summed E-state index contributed by atoms with van der Waals surface area (Å²) >= 11 is 2.41. The molecular weight excluding hydrogens is 483 g/mol. The molecule has 1 aromatic rings. The molecule has 1 aromatic carbocycles. The predicted molar refractivity (Wildman–Crippen MR) is 132 cm³/mol. The molecule has 0 spiro atoms. The number of ketones is 1. The van der Waals surface area contributed by atoms with Gasteiger partial charge in [-0.1, -0.05) is 24.6 Å². The van der Waals surface area contributed by atoms with Crippen LogP contribution in [0.15, 0.2) is 65.4 Å². The number of likely N-dealkylation sites (tertiary alicyclic amines) is 1. The van der Waals surface area contributed by atoms with Gasteiger partial charge in [0.15, 0.2) is 0 Å². The minimum Gasteiger partial charge on any atom is -0.367 e. The summed E-state index contributed by atoms with van der Waals surface area (Å²) in [7, 11) is 0. The molecule has 3 heterocycles. The molecule has 0 atom stereocenters. The maximum absolute atomic E-state index is 6.19. The van der Waals surface area contributed by atoms with Gasteiger partial charge in [0.1, 0.15) is 0 Å². The van der Waals surface area contributed by atoms with Crippen LogP contribution in [-0.2, 0) is 4.42 Å². The second-order valence-corrected chi connectivity index (χ2v) is 9.85. The zero-order valence-corrected chi connectivity index (χ0v) is 19.7. The molecular formula is C26H30IN2O+. The highest BCUT2D eigenvalue weighted by Gasteiger charge is 2.32. The second kappa shape index (κ2) is 9.23. The lowest BCUT2D eigenvalue weighted by Gasteiger charge is -2.33. The van der Waals surface area contributed by atoms with Gasteiger partial charge >= 0.3 is 5.78 Å². The Balaban J connectivity index is 1.36. The van der Waals surface area contributed by atoms with Crippen LogP contribution < -0.4 is 0 Å². The van der Waals surface area contributed by atoms with Crippen molar-refractivity contribution in [3.63, 3.8) is 0 Å². The van der Waals surface area contributed by atoms with E-state index in [9.17, 15) is 0 Å². The van der Waals surface area contributed by atoms with Crippen molar-refractivity contribution in [3.05, 3.63) is 74.5 Å². The van der Waals surface area contributed by atoms with Crippen molar-refractivity contribution in [2.75, 3.05) is 39.3 Å². The van der Waals surface area contributed by atoms with Crippen LogP contribution >= 0.6 is 22.6 Å². The number of halogens is 1. The van der Waals surface area contributed by atoms with Crippen LogP contribution in [0, 0.1) is 3.57 Å². The number of allylic oxidation sites excluding steroid dienone is 4.